The number of hydrogen-bond donors (Lipinski definition) is 0. The molecule has 0 radical (unpaired) electrons. The Balaban J connectivity index is 4.32. The van der Waals surface area contributed by atoms with Gasteiger partial charge in [0.25, 0.3) is 0 Å². The first kappa shape index (κ1) is 10.5. The van der Waals surface area contributed by atoms with Crippen LogP contribution in [0.4, 0.5) is 0 Å². The molecule has 3 heteroatoms. The molecule has 0 aromatic carbocycles. The van der Waals surface area contributed by atoms with Crippen LogP contribution in [-0.2, 0) is 0 Å². The summed E-state index contributed by atoms with van der Waals surface area (Å²) in [5, 5.41) is 25.7. The topological polar surface area (TPSA) is 71.4 Å². The first-order valence-electron chi connectivity index (χ1n) is 3.76. The minimum absolute atomic E-state index is 0.337. The van der Waals surface area contributed by atoms with Crippen LogP contribution in [0.25, 0.3) is 0 Å². The molecule has 0 aromatic rings. The molecule has 0 fully saturated rings. The summed E-state index contributed by atoms with van der Waals surface area (Å²) in [4.78, 5) is 0. The molecule has 1 unspecified atom stereocenters. The molecule has 62 valence electrons. The standard InChI is InChI=1S/C9H11N3/c1-9(2,7-12)8(6-11)4-3-5-10/h8H,3-4H2,1-2H3. The van der Waals surface area contributed by atoms with Gasteiger partial charge >= 0.3 is 0 Å². The zero-order valence-electron chi connectivity index (χ0n) is 7.33. The molecule has 0 heterocycles. The SMILES string of the molecule is CC(C)(C#N)C(C#N)CCC#N. The Bertz CT molecular complexity index is 259. The maximum atomic E-state index is 8.71. The van der Waals surface area contributed by atoms with E-state index in [1.54, 1.807) is 13.8 Å². The first-order valence-corrected chi connectivity index (χ1v) is 3.76. The monoisotopic (exact) mass is 161 g/mol. The van der Waals surface area contributed by atoms with E-state index in [-0.39, 0.29) is 5.92 Å². The van der Waals surface area contributed by atoms with Crippen molar-refractivity contribution in [2.75, 3.05) is 0 Å². The smallest absolute Gasteiger partial charge is 0.0697 e. The summed E-state index contributed by atoms with van der Waals surface area (Å²) in [6, 6.07) is 6.09. The van der Waals surface area contributed by atoms with Gasteiger partial charge in [0.05, 0.1) is 29.5 Å². The second kappa shape index (κ2) is 4.37. The zero-order valence-corrected chi connectivity index (χ0v) is 7.33. The lowest BCUT2D eigenvalue weighted by atomic mass is 9.79. The van der Waals surface area contributed by atoms with Gasteiger partial charge in [-0.1, -0.05) is 0 Å². The van der Waals surface area contributed by atoms with Crippen molar-refractivity contribution >= 4 is 0 Å². The lowest BCUT2D eigenvalue weighted by Gasteiger charge is -2.20. The van der Waals surface area contributed by atoms with E-state index in [4.69, 9.17) is 15.8 Å². The van der Waals surface area contributed by atoms with Crippen molar-refractivity contribution in [3.63, 3.8) is 0 Å². The largest absolute Gasteiger partial charge is 0.198 e. The maximum absolute atomic E-state index is 8.71. The predicted octanol–water partition coefficient (Wildman–Crippen LogP) is 1.98. The Labute approximate surface area is 72.8 Å². The van der Waals surface area contributed by atoms with E-state index in [2.05, 4.69) is 12.1 Å². The molecule has 0 saturated carbocycles. The van der Waals surface area contributed by atoms with Gasteiger partial charge in [0.15, 0.2) is 0 Å². The Morgan fingerprint density at radius 1 is 1.25 bits per heavy atom. The minimum atomic E-state index is -0.647. The summed E-state index contributed by atoms with van der Waals surface area (Å²) >= 11 is 0. The molecule has 0 aliphatic rings. The number of hydrogen-bond acceptors (Lipinski definition) is 3. The third-order valence-corrected chi connectivity index (χ3v) is 1.86. The summed E-state index contributed by atoms with van der Waals surface area (Å²) < 4.78 is 0. The van der Waals surface area contributed by atoms with E-state index in [0.29, 0.717) is 12.8 Å². The van der Waals surface area contributed by atoms with Gasteiger partial charge in [-0.05, 0) is 20.3 Å². The molecule has 0 aliphatic carbocycles. The van der Waals surface area contributed by atoms with Crippen LogP contribution in [0.1, 0.15) is 26.7 Å². The van der Waals surface area contributed by atoms with Gasteiger partial charge < -0.3 is 0 Å². The molecule has 0 bridgehead atoms. The Hall–Kier alpha value is -1.53. The van der Waals surface area contributed by atoms with Crippen LogP contribution in [0.2, 0.25) is 0 Å². The Morgan fingerprint density at radius 3 is 2.17 bits per heavy atom. The molecule has 0 aliphatic heterocycles. The molecule has 0 spiro atoms. The van der Waals surface area contributed by atoms with Gasteiger partial charge in [0.2, 0.25) is 0 Å². The van der Waals surface area contributed by atoms with Crippen molar-refractivity contribution in [1.29, 1.82) is 15.8 Å². The summed E-state index contributed by atoms with van der Waals surface area (Å²) in [6.45, 7) is 3.44. The highest BCUT2D eigenvalue weighted by atomic mass is 14.4. The van der Waals surface area contributed by atoms with Crippen molar-refractivity contribution in [2.45, 2.75) is 26.7 Å². The maximum Gasteiger partial charge on any atom is 0.0697 e. The second-order valence-electron chi connectivity index (χ2n) is 3.21. The normalized spacial score (nSPS) is 12.2. The van der Waals surface area contributed by atoms with Crippen molar-refractivity contribution in [3.8, 4) is 18.2 Å². The summed E-state index contributed by atoms with van der Waals surface area (Å²) in [7, 11) is 0. The zero-order chi connectivity index (χ0) is 9.61. The van der Waals surface area contributed by atoms with E-state index in [0.717, 1.165) is 0 Å². The predicted molar refractivity (Wildman–Crippen MR) is 43.3 cm³/mol. The van der Waals surface area contributed by atoms with Crippen LogP contribution in [0, 0.1) is 45.3 Å². The third kappa shape index (κ3) is 2.60. The van der Waals surface area contributed by atoms with Gasteiger partial charge in [0.1, 0.15) is 0 Å². The fourth-order valence-corrected chi connectivity index (χ4v) is 0.874. The summed E-state index contributed by atoms with van der Waals surface area (Å²) in [5.74, 6) is -0.345. The number of rotatable bonds is 3. The highest BCUT2D eigenvalue weighted by Crippen LogP contribution is 2.28. The highest BCUT2D eigenvalue weighted by Gasteiger charge is 2.28. The van der Waals surface area contributed by atoms with Crippen LogP contribution in [0.5, 0.6) is 0 Å². The van der Waals surface area contributed by atoms with Gasteiger partial charge in [0, 0.05) is 6.42 Å². The van der Waals surface area contributed by atoms with Crippen LogP contribution in [0.3, 0.4) is 0 Å². The highest BCUT2D eigenvalue weighted by molar-refractivity contribution is 5.05. The fourth-order valence-electron chi connectivity index (χ4n) is 0.874. The molecule has 0 aromatic heterocycles. The van der Waals surface area contributed by atoms with E-state index in [1.165, 1.54) is 0 Å². The van der Waals surface area contributed by atoms with Crippen LogP contribution in [0.15, 0.2) is 0 Å². The molecule has 3 nitrogen and oxygen atoms in total. The van der Waals surface area contributed by atoms with Crippen molar-refractivity contribution in [3.05, 3.63) is 0 Å². The molecule has 12 heavy (non-hydrogen) atoms. The number of nitriles is 3. The molecule has 0 saturated heterocycles. The quantitative estimate of drug-likeness (QED) is 0.635. The van der Waals surface area contributed by atoms with E-state index in [1.807, 2.05) is 6.07 Å². The Kier molecular flexibility index (Phi) is 3.81. The van der Waals surface area contributed by atoms with Gasteiger partial charge in [-0.3, -0.25) is 0 Å². The average molecular weight is 161 g/mol. The molecular weight excluding hydrogens is 150 g/mol. The molecule has 0 amide bonds. The Morgan fingerprint density at radius 2 is 1.83 bits per heavy atom. The molecule has 1 atom stereocenters. The van der Waals surface area contributed by atoms with Crippen LogP contribution in [-0.4, -0.2) is 0 Å². The van der Waals surface area contributed by atoms with Crippen molar-refractivity contribution in [1.82, 2.24) is 0 Å². The summed E-state index contributed by atoms with van der Waals surface area (Å²) in [6.07, 6.45) is 0.816. The van der Waals surface area contributed by atoms with Crippen LogP contribution < -0.4 is 0 Å². The second-order valence-corrected chi connectivity index (χ2v) is 3.21. The summed E-state index contributed by atoms with van der Waals surface area (Å²) in [5.41, 5.74) is -0.647. The average Bonchev–Trinajstić information content (AvgIpc) is 2.05. The van der Waals surface area contributed by atoms with E-state index < -0.39 is 5.41 Å². The van der Waals surface area contributed by atoms with E-state index in [9.17, 15) is 0 Å². The van der Waals surface area contributed by atoms with Crippen molar-refractivity contribution < 1.29 is 0 Å². The first-order chi connectivity index (χ1) is 5.58. The van der Waals surface area contributed by atoms with Gasteiger partial charge in [-0.2, -0.15) is 15.8 Å². The van der Waals surface area contributed by atoms with Crippen molar-refractivity contribution in [2.24, 2.45) is 11.3 Å². The minimum Gasteiger partial charge on any atom is -0.198 e. The molecule has 0 rings (SSSR count). The fraction of sp³-hybridized carbons (Fsp3) is 0.667. The molecular formula is C9H11N3. The van der Waals surface area contributed by atoms with Gasteiger partial charge in [-0.25, -0.2) is 0 Å². The van der Waals surface area contributed by atoms with Gasteiger partial charge in [-0.15, -0.1) is 0 Å². The number of nitrogens with zero attached hydrogens (tertiary/aromatic N) is 3. The van der Waals surface area contributed by atoms with E-state index >= 15 is 0 Å². The molecule has 0 N–H and O–H groups in total. The third-order valence-electron chi connectivity index (χ3n) is 1.86. The lowest BCUT2D eigenvalue weighted by molar-refractivity contribution is 0.347. The van der Waals surface area contributed by atoms with Crippen LogP contribution >= 0.6 is 0 Å². The lowest BCUT2D eigenvalue weighted by Crippen LogP contribution is -2.20.